The lowest BCUT2D eigenvalue weighted by Gasteiger charge is -2.29. The van der Waals surface area contributed by atoms with Gasteiger partial charge in [0.2, 0.25) is 5.91 Å². The average molecular weight is 284 g/mol. The average Bonchev–Trinajstić information content (AvgIpc) is 2.38. The van der Waals surface area contributed by atoms with Gasteiger partial charge in [-0.05, 0) is 44.4 Å². The lowest BCUT2D eigenvalue weighted by Crippen LogP contribution is -2.52. The number of hydrogen-bond donors (Lipinski definition) is 2. The normalized spacial score (nSPS) is 24.1. The molecule has 0 aromatic rings. The Morgan fingerprint density at radius 3 is 2.30 bits per heavy atom. The van der Waals surface area contributed by atoms with Crippen LogP contribution in [0.1, 0.15) is 53.4 Å². The second kappa shape index (κ2) is 8.12. The van der Waals surface area contributed by atoms with Gasteiger partial charge in [-0.15, -0.1) is 0 Å². The second-order valence-corrected chi connectivity index (χ2v) is 6.05. The van der Waals surface area contributed by atoms with Crippen LogP contribution in [0.2, 0.25) is 0 Å². The van der Waals surface area contributed by atoms with Crippen LogP contribution in [0.3, 0.4) is 0 Å². The molecule has 0 spiro atoms. The molecule has 1 atom stereocenters. The maximum Gasteiger partial charge on any atom is 0.407 e. The molecule has 0 bridgehead atoms. The van der Waals surface area contributed by atoms with Crippen molar-refractivity contribution < 1.29 is 14.3 Å². The van der Waals surface area contributed by atoms with Crippen molar-refractivity contribution in [3.8, 4) is 0 Å². The van der Waals surface area contributed by atoms with Crippen LogP contribution in [-0.2, 0) is 9.53 Å². The Labute approximate surface area is 121 Å². The number of amides is 2. The van der Waals surface area contributed by atoms with Crippen molar-refractivity contribution in [3.63, 3.8) is 0 Å². The molecule has 0 unspecified atom stereocenters. The molecule has 5 heteroatoms. The minimum absolute atomic E-state index is 0.0296. The Morgan fingerprint density at radius 1 is 1.20 bits per heavy atom. The predicted molar refractivity (Wildman–Crippen MR) is 78.3 cm³/mol. The summed E-state index contributed by atoms with van der Waals surface area (Å²) in [5.41, 5.74) is 0. The molecule has 0 heterocycles. The van der Waals surface area contributed by atoms with Gasteiger partial charge in [-0.2, -0.15) is 0 Å². The fourth-order valence-corrected chi connectivity index (χ4v) is 2.53. The highest BCUT2D eigenvalue weighted by atomic mass is 16.5. The molecular weight excluding hydrogens is 256 g/mol. The molecule has 2 amide bonds. The first kappa shape index (κ1) is 16.8. The number of carbonyl (C=O) groups is 2. The summed E-state index contributed by atoms with van der Waals surface area (Å²) in [5, 5.41) is 5.70. The Balaban J connectivity index is 2.49. The molecule has 0 aliphatic heterocycles. The highest BCUT2D eigenvalue weighted by molar-refractivity contribution is 5.86. The van der Waals surface area contributed by atoms with Gasteiger partial charge in [0.1, 0.15) is 6.04 Å². The zero-order chi connectivity index (χ0) is 15.1. The van der Waals surface area contributed by atoms with E-state index in [1.165, 1.54) is 0 Å². The molecular formula is C15H28N2O3. The molecule has 1 rings (SSSR count). The summed E-state index contributed by atoms with van der Waals surface area (Å²) >= 11 is 0. The van der Waals surface area contributed by atoms with Gasteiger partial charge in [0.15, 0.2) is 0 Å². The van der Waals surface area contributed by atoms with E-state index in [0.29, 0.717) is 6.61 Å². The fraction of sp³-hybridized carbons (Fsp3) is 0.867. The van der Waals surface area contributed by atoms with Crippen molar-refractivity contribution in [3.05, 3.63) is 0 Å². The van der Waals surface area contributed by atoms with Crippen molar-refractivity contribution in [1.29, 1.82) is 0 Å². The molecule has 0 saturated heterocycles. The number of rotatable bonds is 5. The summed E-state index contributed by atoms with van der Waals surface area (Å²) in [4.78, 5) is 23.8. The zero-order valence-corrected chi connectivity index (χ0v) is 13.1. The van der Waals surface area contributed by atoms with E-state index < -0.39 is 12.1 Å². The van der Waals surface area contributed by atoms with Crippen LogP contribution < -0.4 is 10.6 Å². The lowest BCUT2D eigenvalue weighted by atomic mass is 9.87. The lowest BCUT2D eigenvalue weighted by molar-refractivity contribution is -0.125. The van der Waals surface area contributed by atoms with Gasteiger partial charge in [0.25, 0.3) is 0 Å². The quantitative estimate of drug-likeness (QED) is 0.815. The number of alkyl carbamates (subject to hydrolysis) is 1. The van der Waals surface area contributed by atoms with Crippen LogP contribution in [0.25, 0.3) is 0 Å². The molecule has 0 aromatic heterocycles. The Bertz CT molecular complexity index is 323. The Kier molecular flexibility index (Phi) is 6.82. The van der Waals surface area contributed by atoms with Crippen LogP contribution in [-0.4, -0.2) is 30.7 Å². The van der Waals surface area contributed by atoms with E-state index in [1.807, 2.05) is 13.8 Å². The van der Waals surface area contributed by atoms with E-state index in [0.717, 1.165) is 31.6 Å². The van der Waals surface area contributed by atoms with Gasteiger partial charge in [0, 0.05) is 6.04 Å². The minimum atomic E-state index is -0.534. The SMILES string of the molecule is CCOC(=O)N[C@H](C(=O)NC1CCC(C)CC1)C(C)C. The molecule has 0 radical (unpaired) electrons. The van der Waals surface area contributed by atoms with Crippen LogP contribution >= 0.6 is 0 Å². The van der Waals surface area contributed by atoms with E-state index in [4.69, 9.17) is 4.74 Å². The number of nitrogens with one attached hydrogen (secondary N) is 2. The van der Waals surface area contributed by atoms with Gasteiger partial charge < -0.3 is 15.4 Å². The van der Waals surface area contributed by atoms with Gasteiger partial charge in [-0.1, -0.05) is 20.8 Å². The van der Waals surface area contributed by atoms with Crippen LogP contribution in [0, 0.1) is 11.8 Å². The van der Waals surface area contributed by atoms with Crippen LogP contribution in [0.4, 0.5) is 4.79 Å². The highest BCUT2D eigenvalue weighted by Crippen LogP contribution is 2.23. The summed E-state index contributed by atoms with van der Waals surface area (Å²) in [6.07, 6.45) is 3.83. The summed E-state index contributed by atoms with van der Waals surface area (Å²) in [7, 11) is 0. The van der Waals surface area contributed by atoms with Crippen LogP contribution in [0.15, 0.2) is 0 Å². The first-order valence-corrected chi connectivity index (χ1v) is 7.67. The van der Waals surface area contributed by atoms with Crippen molar-refractivity contribution in [2.75, 3.05) is 6.61 Å². The molecule has 2 N–H and O–H groups in total. The molecule has 0 aromatic carbocycles. The number of carbonyl (C=O) groups excluding carboxylic acids is 2. The largest absolute Gasteiger partial charge is 0.450 e. The van der Waals surface area contributed by atoms with Gasteiger partial charge in [-0.3, -0.25) is 4.79 Å². The maximum atomic E-state index is 12.3. The Hall–Kier alpha value is -1.26. The number of hydrogen-bond acceptors (Lipinski definition) is 3. The third-order valence-corrected chi connectivity index (χ3v) is 3.86. The monoisotopic (exact) mass is 284 g/mol. The molecule has 1 aliphatic rings. The Morgan fingerprint density at radius 2 is 1.80 bits per heavy atom. The van der Waals surface area contributed by atoms with Crippen molar-refractivity contribution in [2.45, 2.75) is 65.5 Å². The molecule has 1 aliphatic carbocycles. The van der Waals surface area contributed by atoms with Gasteiger partial charge in [0.05, 0.1) is 6.61 Å². The molecule has 116 valence electrons. The number of ether oxygens (including phenoxy) is 1. The third-order valence-electron chi connectivity index (χ3n) is 3.86. The van der Waals surface area contributed by atoms with E-state index in [-0.39, 0.29) is 17.9 Å². The summed E-state index contributed by atoms with van der Waals surface area (Å²) in [5.74, 6) is 0.677. The first-order chi connectivity index (χ1) is 9.43. The van der Waals surface area contributed by atoms with E-state index in [9.17, 15) is 9.59 Å². The minimum Gasteiger partial charge on any atom is -0.450 e. The molecule has 20 heavy (non-hydrogen) atoms. The molecule has 5 nitrogen and oxygen atoms in total. The van der Waals surface area contributed by atoms with E-state index in [2.05, 4.69) is 17.6 Å². The van der Waals surface area contributed by atoms with Crippen molar-refractivity contribution >= 4 is 12.0 Å². The maximum absolute atomic E-state index is 12.3. The standard InChI is InChI=1S/C15H28N2O3/c1-5-20-15(19)17-13(10(2)3)14(18)16-12-8-6-11(4)7-9-12/h10-13H,5-9H2,1-4H3,(H,16,18)(H,17,19)/t11?,12?,13-/m0/s1. The smallest absolute Gasteiger partial charge is 0.407 e. The fourth-order valence-electron chi connectivity index (χ4n) is 2.53. The summed E-state index contributed by atoms with van der Waals surface area (Å²) in [6, 6.07) is -0.294. The third kappa shape index (κ3) is 5.39. The van der Waals surface area contributed by atoms with Crippen molar-refractivity contribution in [1.82, 2.24) is 10.6 Å². The van der Waals surface area contributed by atoms with E-state index in [1.54, 1.807) is 6.92 Å². The van der Waals surface area contributed by atoms with Crippen LogP contribution in [0.5, 0.6) is 0 Å². The van der Waals surface area contributed by atoms with Crippen molar-refractivity contribution in [2.24, 2.45) is 11.8 Å². The van der Waals surface area contributed by atoms with Gasteiger partial charge >= 0.3 is 6.09 Å². The van der Waals surface area contributed by atoms with Gasteiger partial charge in [-0.25, -0.2) is 4.79 Å². The zero-order valence-electron chi connectivity index (χ0n) is 13.1. The highest BCUT2D eigenvalue weighted by Gasteiger charge is 2.27. The second-order valence-electron chi connectivity index (χ2n) is 6.05. The summed E-state index contributed by atoms with van der Waals surface area (Å²) < 4.78 is 4.85. The summed E-state index contributed by atoms with van der Waals surface area (Å²) in [6.45, 7) is 8.13. The predicted octanol–water partition coefficient (Wildman–Crippen LogP) is 2.45. The topological polar surface area (TPSA) is 67.4 Å². The molecule has 1 fully saturated rings. The first-order valence-electron chi connectivity index (χ1n) is 7.67. The van der Waals surface area contributed by atoms with E-state index >= 15 is 0 Å². The molecule has 1 saturated carbocycles.